The predicted molar refractivity (Wildman–Crippen MR) is 90.1 cm³/mol. The Hall–Kier alpha value is -2.70. The number of hydrogen-bond donors (Lipinski definition) is 2. The fourth-order valence-electron chi connectivity index (χ4n) is 3.12. The van der Waals surface area contributed by atoms with Crippen molar-refractivity contribution in [3.05, 3.63) is 53.1 Å². The Morgan fingerprint density at radius 2 is 2.12 bits per heavy atom. The van der Waals surface area contributed by atoms with Crippen LogP contribution < -0.4 is 5.32 Å². The van der Waals surface area contributed by atoms with Gasteiger partial charge in [0.25, 0.3) is 0 Å². The van der Waals surface area contributed by atoms with Gasteiger partial charge in [0.05, 0.1) is 6.20 Å². The molecule has 1 aromatic heterocycles. The molecule has 2 heterocycles. The van der Waals surface area contributed by atoms with Gasteiger partial charge in [0, 0.05) is 36.8 Å². The molecule has 1 saturated heterocycles. The zero-order chi connectivity index (χ0) is 17.8. The van der Waals surface area contributed by atoms with Crippen LogP contribution in [-0.4, -0.2) is 40.0 Å². The fraction of sp³-hybridized carbons (Fsp3) is 0.389. The molecule has 25 heavy (non-hydrogen) atoms. The second-order valence-electron chi connectivity index (χ2n) is 6.34. The average molecular weight is 344 g/mol. The lowest BCUT2D eigenvalue weighted by molar-refractivity contribution is -0.146. The lowest BCUT2D eigenvalue weighted by Gasteiger charge is -2.32. The molecule has 1 aromatic carbocycles. The first kappa shape index (κ1) is 17.1. The molecule has 1 unspecified atom stereocenters. The van der Waals surface area contributed by atoms with Crippen LogP contribution in [0.4, 0.5) is 4.39 Å². The largest absolute Gasteiger partial charge is 0.344 e. The van der Waals surface area contributed by atoms with E-state index in [2.05, 4.69) is 15.5 Å². The number of aryl methyl sites for hydroxylation is 1. The van der Waals surface area contributed by atoms with Gasteiger partial charge in [-0.05, 0) is 37.5 Å². The summed E-state index contributed by atoms with van der Waals surface area (Å²) in [5.74, 6) is -1.28. The number of carbonyl (C=O) groups is 2. The number of piperidine rings is 1. The van der Waals surface area contributed by atoms with Crippen LogP contribution in [0, 0.1) is 12.7 Å². The highest BCUT2D eigenvalue weighted by Crippen LogP contribution is 2.27. The minimum atomic E-state index is -0.611. The fourth-order valence-corrected chi connectivity index (χ4v) is 3.12. The molecular formula is C18H21FN4O2. The summed E-state index contributed by atoms with van der Waals surface area (Å²) in [6.45, 7) is 3.16. The summed E-state index contributed by atoms with van der Waals surface area (Å²) in [5, 5.41) is 9.32. The van der Waals surface area contributed by atoms with Crippen molar-refractivity contribution >= 4 is 11.8 Å². The third kappa shape index (κ3) is 4.04. The maximum Gasteiger partial charge on any atom is 0.311 e. The van der Waals surface area contributed by atoms with Gasteiger partial charge in [-0.25, -0.2) is 4.39 Å². The Balaban J connectivity index is 1.58. The topological polar surface area (TPSA) is 78.1 Å². The molecule has 1 aliphatic heterocycles. The summed E-state index contributed by atoms with van der Waals surface area (Å²) in [6.07, 6.45) is 3.37. The van der Waals surface area contributed by atoms with Crippen LogP contribution in [0.2, 0.25) is 0 Å². The molecule has 1 fully saturated rings. The van der Waals surface area contributed by atoms with Crippen molar-refractivity contribution in [3.63, 3.8) is 0 Å². The molecule has 0 radical (unpaired) electrons. The Morgan fingerprint density at radius 3 is 2.80 bits per heavy atom. The summed E-state index contributed by atoms with van der Waals surface area (Å²) >= 11 is 0. The summed E-state index contributed by atoms with van der Waals surface area (Å²) in [6, 6.07) is 6.34. The number of amides is 2. The lowest BCUT2D eigenvalue weighted by atomic mass is 9.90. The number of halogens is 1. The highest BCUT2D eigenvalue weighted by molar-refractivity contribution is 6.35. The van der Waals surface area contributed by atoms with Crippen molar-refractivity contribution in [3.8, 4) is 0 Å². The van der Waals surface area contributed by atoms with E-state index in [0.717, 1.165) is 29.7 Å². The molecule has 2 amide bonds. The maximum absolute atomic E-state index is 13.1. The van der Waals surface area contributed by atoms with Gasteiger partial charge in [0.2, 0.25) is 0 Å². The van der Waals surface area contributed by atoms with E-state index in [-0.39, 0.29) is 18.3 Å². The van der Waals surface area contributed by atoms with Crippen molar-refractivity contribution in [2.75, 3.05) is 13.1 Å². The first-order chi connectivity index (χ1) is 12.0. The Kier molecular flexibility index (Phi) is 5.11. The Bertz CT molecular complexity index is 757. The van der Waals surface area contributed by atoms with Crippen LogP contribution in [0.3, 0.4) is 0 Å². The van der Waals surface area contributed by atoms with Gasteiger partial charge in [-0.3, -0.25) is 14.7 Å². The number of nitrogens with zero attached hydrogens (tertiary/aromatic N) is 2. The van der Waals surface area contributed by atoms with Gasteiger partial charge in [-0.15, -0.1) is 0 Å². The molecule has 2 N–H and O–H groups in total. The zero-order valence-corrected chi connectivity index (χ0v) is 14.1. The maximum atomic E-state index is 13.1. The van der Waals surface area contributed by atoms with Crippen LogP contribution >= 0.6 is 0 Å². The highest BCUT2D eigenvalue weighted by Gasteiger charge is 2.28. The standard InChI is InChI=1S/C18H21FN4O2/c1-12-15(10-21-22-12)9-20-17(24)18(25)23-8-2-3-14(11-23)13-4-6-16(19)7-5-13/h4-7,10,14H,2-3,8-9,11H2,1H3,(H,20,24)(H,21,22). The van der Waals surface area contributed by atoms with Crippen molar-refractivity contribution in [2.45, 2.75) is 32.2 Å². The Morgan fingerprint density at radius 1 is 1.36 bits per heavy atom. The highest BCUT2D eigenvalue weighted by atomic mass is 19.1. The molecule has 6 nitrogen and oxygen atoms in total. The third-order valence-electron chi connectivity index (χ3n) is 4.62. The molecule has 7 heteroatoms. The number of nitrogens with one attached hydrogen (secondary N) is 2. The van der Waals surface area contributed by atoms with Gasteiger partial charge in [-0.2, -0.15) is 5.10 Å². The first-order valence-corrected chi connectivity index (χ1v) is 8.36. The van der Waals surface area contributed by atoms with E-state index in [1.54, 1.807) is 23.2 Å². The van der Waals surface area contributed by atoms with E-state index in [9.17, 15) is 14.0 Å². The number of benzene rings is 1. The van der Waals surface area contributed by atoms with Gasteiger partial charge in [-0.1, -0.05) is 12.1 Å². The molecule has 2 aromatic rings. The number of likely N-dealkylation sites (tertiary alicyclic amines) is 1. The molecule has 0 bridgehead atoms. The number of aromatic amines is 1. The molecular weight excluding hydrogens is 323 g/mol. The van der Waals surface area contributed by atoms with Crippen LogP contribution in [0.25, 0.3) is 0 Å². The summed E-state index contributed by atoms with van der Waals surface area (Å²) < 4.78 is 13.1. The molecule has 0 spiro atoms. The second kappa shape index (κ2) is 7.46. The molecule has 132 valence electrons. The third-order valence-corrected chi connectivity index (χ3v) is 4.62. The van der Waals surface area contributed by atoms with E-state index in [1.807, 2.05) is 6.92 Å². The van der Waals surface area contributed by atoms with Crippen molar-refractivity contribution in [1.29, 1.82) is 0 Å². The smallest absolute Gasteiger partial charge is 0.311 e. The number of H-pyrrole nitrogens is 1. The molecule has 1 atom stereocenters. The van der Waals surface area contributed by atoms with E-state index in [0.29, 0.717) is 13.1 Å². The molecule has 3 rings (SSSR count). The van der Waals surface area contributed by atoms with E-state index in [4.69, 9.17) is 0 Å². The number of carbonyl (C=O) groups excluding carboxylic acids is 2. The Labute approximate surface area is 145 Å². The van der Waals surface area contributed by atoms with Crippen LogP contribution in [0.1, 0.15) is 35.6 Å². The van der Waals surface area contributed by atoms with E-state index < -0.39 is 11.8 Å². The minimum absolute atomic E-state index is 0.127. The molecule has 1 aliphatic rings. The summed E-state index contributed by atoms with van der Waals surface area (Å²) in [4.78, 5) is 26.1. The molecule has 0 saturated carbocycles. The molecule has 0 aliphatic carbocycles. The van der Waals surface area contributed by atoms with Gasteiger partial charge < -0.3 is 10.2 Å². The van der Waals surface area contributed by atoms with E-state index >= 15 is 0 Å². The number of rotatable bonds is 3. The van der Waals surface area contributed by atoms with E-state index in [1.165, 1.54) is 12.1 Å². The van der Waals surface area contributed by atoms with Gasteiger partial charge >= 0.3 is 11.8 Å². The summed E-state index contributed by atoms with van der Waals surface area (Å²) in [5.41, 5.74) is 2.71. The minimum Gasteiger partial charge on any atom is -0.344 e. The number of hydrogen-bond acceptors (Lipinski definition) is 3. The SMILES string of the molecule is Cc1[nH]ncc1CNC(=O)C(=O)N1CCCC(c2ccc(F)cc2)C1. The normalized spacial score (nSPS) is 17.4. The van der Waals surface area contributed by atoms with Crippen molar-refractivity contribution in [2.24, 2.45) is 0 Å². The monoisotopic (exact) mass is 344 g/mol. The number of aromatic nitrogens is 2. The lowest BCUT2D eigenvalue weighted by Crippen LogP contribution is -2.46. The van der Waals surface area contributed by atoms with Gasteiger partial charge in [0.15, 0.2) is 0 Å². The quantitative estimate of drug-likeness (QED) is 0.835. The van der Waals surface area contributed by atoms with Crippen molar-refractivity contribution in [1.82, 2.24) is 20.4 Å². The predicted octanol–water partition coefficient (Wildman–Crippen LogP) is 1.88. The zero-order valence-electron chi connectivity index (χ0n) is 14.1. The van der Waals surface area contributed by atoms with Crippen LogP contribution in [0.5, 0.6) is 0 Å². The average Bonchev–Trinajstić information content (AvgIpc) is 3.04. The van der Waals surface area contributed by atoms with Crippen LogP contribution in [-0.2, 0) is 16.1 Å². The first-order valence-electron chi connectivity index (χ1n) is 8.36. The summed E-state index contributed by atoms with van der Waals surface area (Å²) in [7, 11) is 0. The van der Waals surface area contributed by atoms with Crippen LogP contribution in [0.15, 0.2) is 30.5 Å². The second-order valence-corrected chi connectivity index (χ2v) is 6.34. The van der Waals surface area contributed by atoms with Gasteiger partial charge in [0.1, 0.15) is 5.82 Å². The van der Waals surface area contributed by atoms with Crippen molar-refractivity contribution < 1.29 is 14.0 Å².